The standard InChI is InChI=1S/C12H27N5.C2H6/c1-11(2)9-12(13)10-17(14)8-7-16-5-3-15-4-6-16;1-2/h10-11,15H,3-9,13-14H2,1-2H3;1-2H3/b12-10-;. The van der Waals surface area contributed by atoms with Gasteiger partial charge in [0, 0.05) is 51.2 Å². The van der Waals surface area contributed by atoms with Crippen LogP contribution < -0.4 is 16.9 Å². The third kappa shape index (κ3) is 9.76. The summed E-state index contributed by atoms with van der Waals surface area (Å²) in [4.78, 5) is 2.42. The van der Waals surface area contributed by atoms with Crippen molar-refractivity contribution in [3.8, 4) is 0 Å². The van der Waals surface area contributed by atoms with Crippen molar-refractivity contribution >= 4 is 0 Å². The molecule has 1 aliphatic rings. The number of rotatable bonds is 6. The highest BCUT2D eigenvalue weighted by atomic mass is 15.4. The molecule has 1 aliphatic heterocycles. The second-order valence-electron chi connectivity index (χ2n) is 5.13. The minimum Gasteiger partial charge on any atom is -0.401 e. The van der Waals surface area contributed by atoms with Gasteiger partial charge in [-0.25, -0.2) is 5.84 Å². The Bertz CT molecular complexity index is 234. The molecule has 0 aromatic rings. The maximum atomic E-state index is 5.90. The van der Waals surface area contributed by atoms with Gasteiger partial charge in [-0.05, 0) is 12.3 Å². The number of hydrazine groups is 1. The lowest BCUT2D eigenvalue weighted by Gasteiger charge is -2.28. The molecule has 1 saturated heterocycles. The van der Waals surface area contributed by atoms with Crippen LogP contribution in [0.25, 0.3) is 0 Å². The van der Waals surface area contributed by atoms with E-state index in [0.29, 0.717) is 5.92 Å². The van der Waals surface area contributed by atoms with E-state index in [4.69, 9.17) is 11.6 Å². The first-order valence-electron chi connectivity index (χ1n) is 7.48. The van der Waals surface area contributed by atoms with Crippen molar-refractivity contribution in [3.63, 3.8) is 0 Å². The normalized spacial score (nSPS) is 17.1. The zero-order valence-electron chi connectivity index (χ0n) is 13.2. The SMILES string of the molecule is CC.CC(C)C/C(N)=C/N(N)CCN1CCNCC1. The summed E-state index contributed by atoms with van der Waals surface area (Å²) < 4.78 is 0. The number of nitrogens with zero attached hydrogens (tertiary/aromatic N) is 2. The molecule has 0 saturated carbocycles. The zero-order chi connectivity index (χ0) is 14.7. The summed E-state index contributed by atoms with van der Waals surface area (Å²) >= 11 is 0. The minimum absolute atomic E-state index is 0.577. The van der Waals surface area contributed by atoms with Gasteiger partial charge in [-0.15, -0.1) is 0 Å². The largest absolute Gasteiger partial charge is 0.401 e. The number of piperazine rings is 1. The Morgan fingerprint density at radius 3 is 2.42 bits per heavy atom. The van der Waals surface area contributed by atoms with Gasteiger partial charge in [-0.3, -0.25) is 4.90 Å². The molecule has 19 heavy (non-hydrogen) atoms. The van der Waals surface area contributed by atoms with E-state index in [1.807, 2.05) is 20.0 Å². The molecule has 0 bridgehead atoms. The number of allylic oxidation sites excluding steroid dienone is 1. The lowest BCUT2D eigenvalue weighted by Crippen LogP contribution is -2.46. The van der Waals surface area contributed by atoms with Crippen LogP contribution in [0.3, 0.4) is 0 Å². The maximum absolute atomic E-state index is 5.90. The molecule has 1 fully saturated rings. The van der Waals surface area contributed by atoms with Gasteiger partial charge in [0.2, 0.25) is 0 Å². The predicted octanol–water partition coefficient (Wildman–Crippen LogP) is 0.940. The van der Waals surface area contributed by atoms with E-state index in [0.717, 1.165) is 51.4 Å². The molecule has 0 atom stereocenters. The number of hydrogen-bond donors (Lipinski definition) is 3. The summed E-state index contributed by atoms with van der Waals surface area (Å²) in [5.41, 5.74) is 6.76. The van der Waals surface area contributed by atoms with Gasteiger partial charge in [-0.1, -0.05) is 27.7 Å². The first-order chi connectivity index (χ1) is 9.08. The number of hydrogen-bond acceptors (Lipinski definition) is 5. The van der Waals surface area contributed by atoms with Crippen molar-refractivity contribution in [2.75, 3.05) is 39.3 Å². The van der Waals surface area contributed by atoms with Crippen LogP contribution in [-0.4, -0.2) is 49.2 Å². The first-order valence-corrected chi connectivity index (χ1v) is 7.48. The molecule has 114 valence electrons. The highest BCUT2D eigenvalue weighted by molar-refractivity contribution is 4.95. The molecule has 0 amide bonds. The monoisotopic (exact) mass is 271 g/mol. The number of nitrogens with one attached hydrogen (secondary N) is 1. The molecule has 0 unspecified atom stereocenters. The summed E-state index contributed by atoms with van der Waals surface area (Å²) in [5, 5.41) is 5.05. The van der Waals surface area contributed by atoms with Gasteiger partial charge >= 0.3 is 0 Å². The molecule has 0 aliphatic carbocycles. The van der Waals surface area contributed by atoms with Crippen LogP contribution in [-0.2, 0) is 0 Å². The van der Waals surface area contributed by atoms with Gasteiger partial charge in [0.15, 0.2) is 0 Å². The van der Waals surface area contributed by atoms with Gasteiger partial charge in [0.05, 0.1) is 0 Å². The van der Waals surface area contributed by atoms with Crippen molar-refractivity contribution in [3.05, 3.63) is 11.9 Å². The molecular weight excluding hydrogens is 238 g/mol. The van der Waals surface area contributed by atoms with Gasteiger partial charge < -0.3 is 16.1 Å². The molecule has 0 radical (unpaired) electrons. The Morgan fingerprint density at radius 2 is 1.89 bits per heavy atom. The van der Waals surface area contributed by atoms with E-state index >= 15 is 0 Å². The van der Waals surface area contributed by atoms with E-state index in [1.165, 1.54) is 0 Å². The van der Waals surface area contributed by atoms with Crippen molar-refractivity contribution < 1.29 is 0 Å². The summed E-state index contributed by atoms with van der Waals surface area (Å²) in [7, 11) is 0. The fourth-order valence-corrected chi connectivity index (χ4v) is 1.99. The molecule has 0 aromatic heterocycles. The lowest BCUT2D eigenvalue weighted by atomic mass is 10.1. The Kier molecular flexibility index (Phi) is 10.6. The van der Waals surface area contributed by atoms with Crippen LogP contribution in [0, 0.1) is 5.92 Å². The quantitative estimate of drug-likeness (QED) is 0.495. The van der Waals surface area contributed by atoms with Crippen LogP contribution in [0.4, 0.5) is 0 Å². The molecular formula is C14H33N5. The second kappa shape index (κ2) is 11.1. The Labute approximate surface area is 119 Å². The Hall–Kier alpha value is -0.780. The molecule has 5 N–H and O–H groups in total. The van der Waals surface area contributed by atoms with Crippen molar-refractivity contribution in [2.24, 2.45) is 17.5 Å². The van der Waals surface area contributed by atoms with Crippen molar-refractivity contribution in [1.82, 2.24) is 15.2 Å². The van der Waals surface area contributed by atoms with Crippen LogP contribution in [0.1, 0.15) is 34.1 Å². The van der Waals surface area contributed by atoms with E-state index in [9.17, 15) is 0 Å². The Morgan fingerprint density at radius 1 is 1.32 bits per heavy atom. The average Bonchev–Trinajstić information content (AvgIpc) is 2.39. The predicted molar refractivity (Wildman–Crippen MR) is 83.3 cm³/mol. The van der Waals surface area contributed by atoms with E-state index < -0.39 is 0 Å². The topological polar surface area (TPSA) is 70.5 Å². The van der Waals surface area contributed by atoms with E-state index in [2.05, 4.69) is 24.1 Å². The number of nitrogens with two attached hydrogens (primary N) is 2. The molecule has 5 nitrogen and oxygen atoms in total. The summed E-state index contributed by atoms with van der Waals surface area (Å²) in [6, 6.07) is 0. The lowest BCUT2D eigenvalue weighted by molar-refractivity contribution is 0.214. The second-order valence-corrected chi connectivity index (χ2v) is 5.13. The molecule has 1 rings (SSSR count). The highest BCUT2D eigenvalue weighted by Gasteiger charge is 2.09. The summed E-state index contributed by atoms with van der Waals surface area (Å²) in [6.45, 7) is 14.5. The van der Waals surface area contributed by atoms with Crippen LogP contribution in [0.15, 0.2) is 11.9 Å². The zero-order valence-corrected chi connectivity index (χ0v) is 13.2. The van der Waals surface area contributed by atoms with Gasteiger partial charge in [0.1, 0.15) is 0 Å². The van der Waals surface area contributed by atoms with Crippen LogP contribution in [0.5, 0.6) is 0 Å². The van der Waals surface area contributed by atoms with E-state index in [-0.39, 0.29) is 0 Å². The molecule has 0 aromatic carbocycles. The molecule has 1 heterocycles. The molecule has 5 heteroatoms. The minimum atomic E-state index is 0.577. The van der Waals surface area contributed by atoms with Gasteiger partial charge in [0.25, 0.3) is 0 Å². The fourth-order valence-electron chi connectivity index (χ4n) is 1.99. The van der Waals surface area contributed by atoms with Crippen molar-refractivity contribution in [1.29, 1.82) is 0 Å². The fraction of sp³-hybridized carbons (Fsp3) is 0.857. The van der Waals surface area contributed by atoms with Crippen LogP contribution in [0.2, 0.25) is 0 Å². The van der Waals surface area contributed by atoms with E-state index in [1.54, 1.807) is 5.01 Å². The average molecular weight is 271 g/mol. The summed E-state index contributed by atoms with van der Waals surface area (Å²) in [5.74, 6) is 6.48. The first kappa shape index (κ1) is 18.2. The maximum Gasteiger partial charge on any atom is 0.0463 e. The smallest absolute Gasteiger partial charge is 0.0463 e. The molecule has 0 spiro atoms. The van der Waals surface area contributed by atoms with Gasteiger partial charge in [-0.2, -0.15) is 0 Å². The summed E-state index contributed by atoms with van der Waals surface area (Å²) in [6.07, 6.45) is 2.77. The van der Waals surface area contributed by atoms with Crippen molar-refractivity contribution in [2.45, 2.75) is 34.1 Å². The third-order valence-corrected chi connectivity index (χ3v) is 2.86. The van der Waals surface area contributed by atoms with Crippen LogP contribution >= 0.6 is 0 Å². The highest BCUT2D eigenvalue weighted by Crippen LogP contribution is 2.05. The Balaban J connectivity index is 0.00000154. The third-order valence-electron chi connectivity index (χ3n) is 2.86.